The first kappa shape index (κ1) is 18.4. The third kappa shape index (κ3) is 5.58. The van der Waals surface area contributed by atoms with Gasteiger partial charge in [-0.1, -0.05) is 43.9 Å². The van der Waals surface area contributed by atoms with Gasteiger partial charge >= 0.3 is 0 Å². The van der Waals surface area contributed by atoms with E-state index in [9.17, 15) is 4.79 Å². The zero-order valence-electron chi connectivity index (χ0n) is 15.5. The zero-order chi connectivity index (χ0) is 18.2. The smallest absolute Gasteiger partial charge is 0.220 e. The number of carbonyl (C=O) groups is 1. The van der Waals surface area contributed by atoms with E-state index < -0.39 is 0 Å². The Bertz CT molecular complexity index is 696. The lowest BCUT2D eigenvalue weighted by atomic mass is 10.0. The highest BCUT2D eigenvalue weighted by Gasteiger charge is 2.17. The number of rotatable bonds is 8. The number of pyridine rings is 1. The van der Waals surface area contributed by atoms with Crippen molar-refractivity contribution in [2.45, 2.75) is 58.1 Å². The molecule has 1 saturated carbocycles. The van der Waals surface area contributed by atoms with Crippen LogP contribution in [0.25, 0.3) is 0 Å². The van der Waals surface area contributed by atoms with Crippen LogP contribution in [0.2, 0.25) is 0 Å². The summed E-state index contributed by atoms with van der Waals surface area (Å²) in [6.07, 6.45) is 8.65. The third-order valence-corrected chi connectivity index (χ3v) is 5.10. The molecule has 1 unspecified atom stereocenters. The van der Waals surface area contributed by atoms with Gasteiger partial charge in [-0.25, -0.2) is 0 Å². The Labute approximate surface area is 156 Å². The first-order valence-electron chi connectivity index (χ1n) is 9.63. The summed E-state index contributed by atoms with van der Waals surface area (Å²) in [5.74, 6) is 1.68. The highest BCUT2D eigenvalue weighted by Crippen LogP contribution is 2.28. The number of hydrogen-bond acceptors (Lipinski definition) is 3. The van der Waals surface area contributed by atoms with Gasteiger partial charge in [0.25, 0.3) is 0 Å². The predicted octanol–water partition coefficient (Wildman–Crippen LogP) is 4.81. The van der Waals surface area contributed by atoms with Crippen molar-refractivity contribution in [3.05, 3.63) is 59.9 Å². The average molecular weight is 352 g/mol. The maximum absolute atomic E-state index is 12.2. The summed E-state index contributed by atoms with van der Waals surface area (Å²) in [5, 5.41) is 3.11. The molecule has 1 fully saturated rings. The van der Waals surface area contributed by atoms with Gasteiger partial charge in [0.05, 0.1) is 11.7 Å². The lowest BCUT2D eigenvalue weighted by Crippen LogP contribution is -2.26. The summed E-state index contributed by atoms with van der Waals surface area (Å²) in [7, 11) is 0. The largest absolute Gasteiger partial charge is 0.487 e. The van der Waals surface area contributed by atoms with Crippen LogP contribution in [0.1, 0.15) is 62.7 Å². The van der Waals surface area contributed by atoms with Crippen molar-refractivity contribution >= 4 is 5.91 Å². The monoisotopic (exact) mass is 352 g/mol. The molecule has 4 nitrogen and oxygen atoms in total. The molecule has 1 amide bonds. The maximum Gasteiger partial charge on any atom is 0.220 e. The topological polar surface area (TPSA) is 51.2 Å². The number of amides is 1. The van der Waals surface area contributed by atoms with Gasteiger partial charge in [-0.3, -0.25) is 9.78 Å². The van der Waals surface area contributed by atoms with Crippen LogP contribution in [0.3, 0.4) is 0 Å². The van der Waals surface area contributed by atoms with Gasteiger partial charge in [0.1, 0.15) is 12.4 Å². The molecule has 1 aromatic carbocycles. The molecular weight excluding hydrogens is 324 g/mol. The number of nitrogens with zero attached hydrogens (tertiary/aromatic N) is 1. The first-order chi connectivity index (χ1) is 12.7. The fourth-order valence-corrected chi connectivity index (χ4v) is 3.55. The van der Waals surface area contributed by atoms with Gasteiger partial charge < -0.3 is 10.1 Å². The van der Waals surface area contributed by atoms with Gasteiger partial charge in [0, 0.05) is 12.6 Å². The Hall–Kier alpha value is -2.36. The molecule has 1 aromatic heterocycles. The van der Waals surface area contributed by atoms with E-state index in [2.05, 4.69) is 10.3 Å². The molecule has 2 aromatic rings. The lowest BCUT2D eigenvalue weighted by Gasteiger charge is -2.16. The molecule has 4 heteroatoms. The van der Waals surface area contributed by atoms with Gasteiger partial charge in [-0.2, -0.15) is 0 Å². The Balaban J connectivity index is 1.48. The summed E-state index contributed by atoms with van der Waals surface area (Å²) in [5.41, 5.74) is 1.95. The average Bonchev–Trinajstić information content (AvgIpc) is 3.19. The predicted molar refractivity (Wildman–Crippen MR) is 103 cm³/mol. The van der Waals surface area contributed by atoms with Gasteiger partial charge in [0.2, 0.25) is 5.91 Å². The minimum absolute atomic E-state index is 0.0236. The van der Waals surface area contributed by atoms with E-state index in [4.69, 9.17) is 4.74 Å². The van der Waals surface area contributed by atoms with Crippen molar-refractivity contribution in [1.29, 1.82) is 0 Å². The summed E-state index contributed by atoms with van der Waals surface area (Å²) in [6, 6.07) is 13.7. The first-order valence-corrected chi connectivity index (χ1v) is 9.63. The quantitative estimate of drug-likeness (QED) is 0.742. The number of hydrogen-bond donors (Lipinski definition) is 1. The molecule has 0 bridgehead atoms. The molecule has 0 saturated heterocycles. The molecule has 0 radical (unpaired) electrons. The van der Waals surface area contributed by atoms with Gasteiger partial charge in [0.15, 0.2) is 0 Å². The minimum Gasteiger partial charge on any atom is -0.487 e. The van der Waals surface area contributed by atoms with Crippen molar-refractivity contribution in [3.63, 3.8) is 0 Å². The zero-order valence-corrected chi connectivity index (χ0v) is 15.5. The van der Waals surface area contributed by atoms with E-state index in [0.717, 1.165) is 29.3 Å². The third-order valence-electron chi connectivity index (χ3n) is 5.10. The summed E-state index contributed by atoms with van der Waals surface area (Å²) >= 11 is 0. The fourth-order valence-electron chi connectivity index (χ4n) is 3.55. The van der Waals surface area contributed by atoms with Gasteiger partial charge in [-0.15, -0.1) is 0 Å². The highest BCUT2D eigenvalue weighted by molar-refractivity contribution is 5.76. The number of benzene rings is 1. The van der Waals surface area contributed by atoms with Crippen LogP contribution < -0.4 is 10.1 Å². The molecule has 1 heterocycles. The molecule has 1 aliphatic carbocycles. The SMILES string of the molecule is CC(NC(=O)CCC1CCCC1)c1cccc(OCc2ccccn2)c1. The second-order valence-corrected chi connectivity index (χ2v) is 7.16. The van der Waals surface area contributed by atoms with Crippen molar-refractivity contribution < 1.29 is 9.53 Å². The number of aromatic nitrogens is 1. The van der Waals surface area contributed by atoms with E-state index in [1.165, 1.54) is 25.7 Å². The molecule has 0 spiro atoms. The number of nitrogens with one attached hydrogen (secondary N) is 1. The van der Waals surface area contributed by atoms with Crippen LogP contribution in [0, 0.1) is 5.92 Å². The molecule has 26 heavy (non-hydrogen) atoms. The van der Waals surface area contributed by atoms with Crippen LogP contribution in [-0.4, -0.2) is 10.9 Å². The lowest BCUT2D eigenvalue weighted by molar-refractivity contribution is -0.122. The summed E-state index contributed by atoms with van der Waals surface area (Å²) in [6.45, 7) is 2.46. The molecule has 0 aliphatic heterocycles. The fraction of sp³-hybridized carbons (Fsp3) is 0.455. The molecule has 1 aliphatic rings. The van der Waals surface area contributed by atoms with Gasteiger partial charge in [-0.05, 0) is 49.1 Å². The van der Waals surface area contributed by atoms with E-state index in [0.29, 0.717) is 13.0 Å². The van der Waals surface area contributed by atoms with Crippen LogP contribution in [0.15, 0.2) is 48.7 Å². The van der Waals surface area contributed by atoms with Crippen LogP contribution in [0.5, 0.6) is 5.75 Å². The second-order valence-electron chi connectivity index (χ2n) is 7.16. The normalized spacial score (nSPS) is 15.6. The van der Waals surface area contributed by atoms with Crippen molar-refractivity contribution in [3.8, 4) is 5.75 Å². The second kappa shape index (κ2) is 9.37. The van der Waals surface area contributed by atoms with Crippen molar-refractivity contribution in [2.24, 2.45) is 5.92 Å². The minimum atomic E-state index is -0.0236. The molecule has 1 atom stereocenters. The summed E-state index contributed by atoms with van der Waals surface area (Å²) in [4.78, 5) is 16.5. The molecular formula is C22H28N2O2. The Morgan fingerprint density at radius 2 is 2.08 bits per heavy atom. The van der Waals surface area contributed by atoms with E-state index in [-0.39, 0.29) is 11.9 Å². The van der Waals surface area contributed by atoms with Crippen LogP contribution >= 0.6 is 0 Å². The van der Waals surface area contributed by atoms with E-state index in [1.807, 2.05) is 49.4 Å². The molecule has 138 valence electrons. The standard InChI is InChI=1S/C22H28N2O2/c1-17(24-22(25)13-12-18-7-2-3-8-18)19-9-6-11-21(15-19)26-16-20-10-4-5-14-23-20/h4-6,9-11,14-15,17-18H,2-3,7-8,12-13,16H2,1H3,(H,24,25). The highest BCUT2D eigenvalue weighted by atomic mass is 16.5. The van der Waals surface area contributed by atoms with Crippen molar-refractivity contribution in [1.82, 2.24) is 10.3 Å². The Kier molecular flexibility index (Phi) is 6.64. The Morgan fingerprint density at radius 3 is 2.85 bits per heavy atom. The van der Waals surface area contributed by atoms with Crippen molar-refractivity contribution in [2.75, 3.05) is 0 Å². The molecule has 3 rings (SSSR count). The van der Waals surface area contributed by atoms with Crippen LogP contribution in [0.4, 0.5) is 0 Å². The van der Waals surface area contributed by atoms with E-state index >= 15 is 0 Å². The number of carbonyl (C=O) groups excluding carboxylic acids is 1. The Morgan fingerprint density at radius 1 is 1.23 bits per heavy atom. The van der Waals surface area contributed by atoms with Crippen LogP contribution in [-0.2, 0) is 11.4 Å². The maximum atomic E-state index is 12.2. The number of ether oxygens (including phenoxy) is 1. The summed E-state index contributed by atoms with van der Waals surface area (Å²) < 4.78 is 5.83. The molecule has 1 N–H and O–H groups in total. The van der Waals surface area contributed by atoms with E-state index in [1.54, 1.807) is 6.20 Å².